The fraction of sp³-hybridized carbons (Fsp3) is 0.185. The summed E-state index contributed by atoms with van der Waals surface area (Å²) in [4.78, 5) is 32.1. The Morgan fingerprint density at radius 1 is 1.03 bits per heavy atom. The standard InChI is InChI=1S/C27H25N3O3/c1-16-12-13-23(33-3)22(14-16)29-26(31)24-18-9-4-5-10-19(18)27(32)30(2)25(24)20-15-28-21-11-7-6-8-17(20)21/h4-15,24-25,28H,1-3H3,(H,29,31)/t24-,25-/m0/s1. The van der Waals surface area contributed by atoms with E-state index in [0.717, 1.165) is 27.6 Å². The normalized spacial score (nSPS) is 17.7. The number of rotatable bonds is 4. The van der Waals surface area contributed by atoms with Gasteiger partial charge in [0, 0.05) is 35.3 Å². The molecule has 1 aliphatic rings. The first-order valence-electron chi connectivity index (χ1n) is 10.9. The predicted molar refractivity (Wildman–Crippen MR) is 129 cm³/mol. The van der Waals surface area contributed by atoms with Gasteiger partial charge in [0.2, 0.25) is 5.91 Å². The molecule has 1 aliphatic heterocycles. The van der Waals surface area contributed by atoms with Crippen molar-refractivity contribution < 1.29 is 14.3 Å². The van der Waals surface area contributed by atoms with Gasteiger partial charge in [0.1, 0.15) is 5.75 Å². The molecule has 2 heterocycles. The highest BCUT2D eigenvalue weighted by Gasteiger charge is 2.43. The Labute approximate surface area is 192 Å². The number of hydrogen-bond acceptors (Lipinski definition) is 3. The summed E-state index contributed by atoms with van der Waals surface area (Å²) in [6.45, 7) is 1.96. The van der Waals surface area contributed by atoms with Gasteiger partial charge in [0.15, 0.2) is 0 Å². The SMILES string of the molecule is COc1ccc(C)cc1NC(=O)[C@H]1c2ccccc2C(=O)N(C)[C@H]1c1c[nH]c2ccccc12. The number of benzene rings is 3. The fourth-order valence-electron chi connectivity index (χ4n) is 4.81. The van der Waals surface area contributed by atoms with Crippen LogP contribution in [0.4, 0.5) is 5.69 Å². The molecular formula is C27H25N3O3. The van der Waals surface area contributed by atoms with E-state index < -0.39 is 12.0 Å². The highest BCUT2D eigenvalue weighted by Crippen LogP contribution is 2.44. The number of carbonyl (C=O) groups is 2. The zero-order valence-corrected chi connectivity index (χ0v) is 18.8. The lowest BCUT2D eigenvalue weighted by Gasteiger charge is -2.39. The summed E-state index contributed by atoms with van der Waals surface area (Å²) in [5.74, 6) is -0.307. The van der Waals surface area contributed by atoms with Crippen LogP contribution in [-0.2, 0) is 4.79 Å². The van der Waals surface area contributed by atoms with Gasteiger partial charge in [-0.25, -0.2) is 0 Å². The number of carbonyl (C=O) groups excluding carboxylic acids is 2. The zero-order chi connectivity index (χ0) is 23.1. The Balaban J connectivity index is 1.66. The van der Waals surface area contributed by atoms with E-state index in [-0.39, 0.29) is 11.8 Å². The number of aromatic amines is 1. The number of para-hydroxylation sites is 1. The zero-order valence-electron chi connectivity index (χ0n) is 18.8. The maximum atomic E-state index is 13.9. The number of ether oxygens (including phenoxy) is 1. The van der Waals surface area contributed by atoms with Crippen LogP contribution in [0.2, 0.25) is 0 Å². The third kappa shape index (κ3) is 3.44. The van der Waals surface area contributed by atoms with Crippen LogP contribution in [-0.4, -0.2) is 35.9 Å². The lowest BCUT2D eigenvalue weighted by atomic mass is 9.79. The Hall–Kier alpha value is -4.06. The number of fused-ring (bicyclic) bond motifs is 2. The molecule has 4 aromatic rings. The molecule has 0 saturated carbocycles. The van der Waals surface area contributed by atoms with Crippen LogP contribution in [0.3, 0.4) is 0 Å². The average molecular weight is 440 g/mol. The molecular weight excluding hydrogens is 414 g/mol. The third-order valence-corrected chi connectivity index (χ3v) is 6.41. The van der Waals surface area contributed by atoms with E-state index in [9.17, 15) is 9.59 Å². The number of aromatic nitrogens is 1. The van der Waals surface area contributed by atoms with Gasteiger partial charge in [-0.1, -0.05) is 42.5 Å². The van der Waals surface area contributed by atoms with Crippen LogP contribution in [0.5, 0.6) is 5.75 Å². The number of amides is 2. The summed E-state index contributed by atoms with van der Waals surface area (Å²) >= 11 is 0. The summed E-state index contributed by atoms with van der Waals surface area (Å²) < 4.78 is 5.47. The second-order valence-electron chi connectivity index (χ2n) is 8.41. The van der Waals surface area contributed by atoms with Crippen molar-refractivity contribution in [2.45, 2.75) is 18.9 Å². The van der Waals surface area contributed by atoms with E-state index in [1.165, 1.54) is 0 Å². The van der Waals surface area contributed by atoms with E-state index >= 15 is 0 Å². The van der Waals surface area contributed by atoms with Crippen LogP contribution < -0.4 is 10.1 Å². The van der Waals surface area contributed by atoms with Crippen molar-refractivity contribution in [3.63, 3.8) is 0 Å². The van der Waals surface area contributed by atoms with Crippen molar-refractivity contribution in [2.75, 3.05) is 19.5 Å². The molecule has 0 fully saturated rings. The topological polar surface area (TPSA) is 74.4 Å². The van der Waals surface area contributed by atoms with Gasteiger partial charge in [-0.05, 0) is 42.3 Å². The van der Waals surface area contributed by atoms with E-state index in [4.69, 9.17) is 4.74 Å². The largest absolute Gasteiger partial charge is 0.495 e. The Bertz CT molecular complexity index is 1370. The number of anilines is 1. The van der Waals surface area contributed by atoms with Gasteiger partial charge in [0.25, 0.3) is 5.91 Å². The quantitative estimate of drug-likeness (QED) is 0.468. The van der Waals surface area contributed by atoms with Crippen molar-refractivity contribution in [1.82, 2.24) is 9.88 Å². The van der Waals surface area contributed by atoms with Gasteiger partial charge in [0.05, 0.1) is 24.8 Å². The van der Waals surface area contributed by atoms with Crippen LogP contribution in [0.1, 0.15) is 39.0 Å². The molecule has 166 valence electrons. The molecule has 2 amide bonds. The summed E-state index contributed by atoms with van der Waals surface area (Å²) in [6, 6.07) is 20.5. The lowest BCUT2D eigenvalue weighted by Crippen LogP contribution is -2.44. The first-order chi connectivity index (χ1) is 16.0. The van der Waals surface area contributed by atoms with Crippen LogP contribution in [0.15, 0.2) is 72.9 Å². The number of aryl methyl sites for hydroxylation is 1. The van der Waals surface area contributed by atoms with Crippen LogP contribution >= 0.6 is 0 Å². The monoisotopic (exact) mass is 439 g/mol. The fourth-order valence-corrected chi connectivity index (χ4v) is 4.81. The molecule has 2 N–H and O–H groups in total. The van der Waals surface area contributed by atoms with Gasteiger partial charge in [-0.2, -0.15) is 0 Å². The maximum absolute atomic E-state index is 13.9. The third-order valence-electron chi connectivity index (χ3n) is 6.41. The van der Waals surface area contributed by atoms with Gasteiger partial charge in [-0.3, -0.25) is 9.59 Å². The number of likely N-dealkylation sites (N-methyl/N-ethyl adjacent to an activating group) is 1. The summed E-state index contributed by atoms with van der Waals surface area (Å²) in [6.07, 6.45) is 1.90. The predicted octanol–water partition coefficient (Wildman–Crippen LogP) is 5.03. The van der Waals surface area contributed by atoms with Gasteiger partial charge < -0.3 is 19.9 Å². The Morgan fingerprint density at radius 2 is 1.79 bits per heavy atom. The van der Waals surface area contributed by atoms with Crippen molar-refractivity contribution >= 4 is 28.4 Å². The molecule has 0 unspecified atom stereocenters. The minimum Gasteiger partial charge on any atom is -0.495 e. The molecule has 0 spiro atoms. The van der Waals surface area contributed by atoms with Crippen molar-refractivity contribution in [3.05, 3.63) is 95.2 Å². The number of methoxy groups -OCH3 is 1. The second kappa shape index (κ2) is 8.13. The summed E-state index contributed by atoms with van der Waals surface area (Å²) in [5, 5.41) is 4.07. The Kier molecular flexibility index (Phi) is 5.13. The minimum absolute atomic E-state index is 0.0990. The first-order valence-corrected chi connectivity index (χ1v) is 10.9. The number of nitrogens with zero attached hydrogens (tertiary/aromatic N) is 1. The minimum atomic E-state index is -0.603. The van der Waals surface area contributed by atoms with Crippen LogP contribution in [0.25, 0.3) is 10.9 Å². The Morgan fingerprint density at radius 3 is 2.61 bits per heavy atom. The lowest BCUT2D eigenvalue weighted by molar-refractivity contribution is -0.119. The summed E-state index contributed by atoms with van der Waals surface area (Å²) in [5.41, 5.74) is 4.76. The maximum Gasteiger partial charge on any atom is 0.254 e. The van der Waals surface area contributed by atoms with E-state index in [1.807, 2.05) is 73.8 Å². The first kappa shape index (κ1) is 20.8. The highest BCUT2D eigenvalue weighted by molar-refractivity contribution is 6.05. The number of nitrogens with one attached hydrogen (secondary N) is 2. The van der Waals surface area contributed by atoms with Gasteiger partial charge in [-0.15, -0.1) is 0 Å². The van der Waals surface area contributed by atoms with Gasteiger partial charge >= 0.3 is 0 Å². The molecule has 6 nitrogen and oxygen atoms in total. The number of hydrogen-bond donors (Lipinski definition) is 2. The summed E-state index contributed by atoms with van der Waals surface area (Å²) in [7, 11) is 3.34. The van der Waals surface area contributed by atoms with E-state index in [1.54, 1.807) is 25.1 Å². The van der Waals surface area contributed by atoms with E-state index in [0.29, 0.717) is 17.0 Å². The molecule has 6 heteroatoms. The smallest absolute Gasteiger partial charge is 0.254 e. The molecule has 3 aromatic carbocycles. The molecule has 5 rings (SSSR count). The molecule has 0 saturated heterocycles. The molecule has 0 radical (unpaired) electrons. The number of H-pyrrole nitrogens is 1. The van der Waals surface area contributed by atoms with E-state index in [2.05, 4.69) is 10.3 Å². The molecule has 1 aromatic heterocycles. The molecule has 0 bridgehead atoms. The highest BCUT2D eigenvalue weighted by atomic mass is 16.5. The molecule has 2 atom stereocenters. The molecule has 33 heavy (non-hydrogen) atoms. The van der Waals surface area contributed by atoms with Crippen LogP contribution in [0, 0.1) is 6.92 Å². The molecule has 0 aliphatic carbocycles. The van der Waals surface area contributed by atoms with Crippen molar-refractivity contribution in [3.8, 4) is 5.75 Å². The average Bonchev–Trinajstić information content (AvgIpc) is 3.25. The van der Waals surface area contributed by atoms with Crippen molar-refractivity contribution in [1.29, 1.82) is 0 Å². The van der Waals surface area contributed by atoms with Crippen molar-refractivity contribution in [2.24, 2.45) is 0 Å². The second-order valence-corrected chi connectivity index (χ2v) is 8.41.